The minimum Gasteiger partial charge on any atom is -0.400 e. The molecule has 0 amide bonds. The molecule has 0 radical (unpaired) electrons. The lowest BCUT2D eigenvalue weighted by Gasteiger charge is -2.55. The largest absolute Gasteiger partial charge is 0.400 e. The molecular formula is C53H53BN2S. The van der Waals surface area contributed by atoms with Crippen LogP contribution in [0.5, 0.6) is 0 Å². The summed E-state index contributed by atoms with van der Waals surface area (Å²) in [6.45, 7) is 21.9. The van der Waals surface area contributed by atoms with E-state index in [0.29, 0.717) is 0 Å². The molecule has 4 aliphatic rings. The molecule has 6 aromatic carbocycles. The summed E-state index contributed by atoms with van der Waals surface area (Å²) in [5.41, 5.74) is 19.4. The van der Waals surface area contributed by atoms with Gasteiger partial charge < -0.3 is 9.71 Å². The molecule has 11 rings (SSSR count). The first-order valence-corrected chi connectivity index (χ1v) is 22.1. The lowest BCUT2D eigenvalue weighted by Crippen LogP contribution is -2.70. The average molecular weight is 761 g/mol. The molecule has 2 nitrogen and oxygen atoms in total. The van der Waals surface area contributed by atoms with Crippen LogP contribution in [0.25, 0.3) is 42.4 Å². The molecule has 2 atom stereocenters. The molecular weight excluding hydrogens is 707 g/mol. The lowest BCUT2D eigenvalue weighted by molar-refractivity contribution is 0.199. The monoisotopic (exact) mass is 760 g/mol. The maximum Gasteiger partial charge on any atom is 0.328 e. The van der Waals surface area contributed by atoms with Crippen LogP contribution in [0.1, 0.15) is 103 Å². The minimum absolute atomic E-state index is 0.0102. The third-order valence-corrected chi connectivity index (χ3v) is 15.9. The topological polar surface area (TPSA) is 6.48 Å². The Bertz CT molecular complexity index is 2840. The van der Waals surface area contributed by atoms with Gasteiger partial charge >= 0.3 is 6.85 Å². The number of anilines is 4. The Kier molecular flexibility index (Phi) is 7.24. The molecule has 1 aliphatic carbocycles. The molecule has 1 saturated carbocycles. The quantitative estimate of drug-likeness (QED) is 0.162. The van der Waals surface area contributed by atoms with Gasteiger partial charge in [-0.2, -0.15) is 0 Å². The fraction of sp³-hybridized carbons (Fsp3) is 0.321. The van der Waals surface area contributed by atoms with Gasteiger partial charge in [0, 0.05) is 53.6 Å². The Morgan fingerprint density at radius 2 is 1.35 bits per heavy atom. The van der Waals surface area contributed by atoms with Crippen molar-refractivity contribution in [2.45, 2.75) is 110 Å². The zero-order valence-electron chi connectivity index (χ0n) is 35.1. The molecule has 3 aliphatic heterocycles. The summed E-state index contributed by atoms with van der Waals surface area (Å²) in [7, 11) is 0. The maximum atomic E-state index is 2.99. The van der Waals surface area contributed by atoms with Gasteiger partial charge in [0.1, 0.15) is 0 Å². The van der Waals surface area contributed by atoms with E-state index in [-0.39, 0.29) is 28.6 Å². The second-order valence-corrected chi connectivity index (χ2v) is 21.2. The van der Waals surface area contributed by atoms with E-state index >= 15 is 0 Å². The van der Waals surface area contributed by atoms with Crippen LogP contribution in [0.3, 0.4) is 0 Å². The van der Waals surface area contributed by atoms with Crippen LogP contribution in [-0.4, -0.2) is 12.4 Å². The van der Waals surface area contributed by atoms with Crippen molar-refractivity contribution in [3.63, 3.8) is 0 Å². The third-order valence-electron chi connectivity index (χ3n) is 14.7. The summed E-state index contributed by atoms with van der Waals surface area (Å²) < 4.78 is 2.70. The number of aryl methyl sites for hydroxylation is 1. The van der Waals surface area contributed by atoms with E-state index in [9.17, 15) is 0 Å². The molecule has 1 unspecified atom stereocenters. The van der Waals surface area contributed by atoms with E-state index in [2.05, 4.69) is 181 Å². The van der Waals surface area contributed by atoms with Gasteiger partial charge in [-0.1, -0.05) is 134 Å². The number of benzene rings is 6. The molecule has 0 N–H and O–H groups in total. The molecule has 4 heteroatoms. The van der Waals surface area contributed by atoms with Crippen LogP contribution in [0.15, 0.2) is 109 Å². The molecule has 7 aromatic rings. The van der Waals surface area contributed by atoms with Crippen molar-refractivity contribution in [1.29, 1.82) is 0 Å². The van der Waals surface area contributed by atoms with Crippen molar-refractivity contribution in [2.24, 2.45) is 0 Å². The SMILES string of the molecule is Cc1cc2c3c(c1)N(c1ccc(C(C)(C)C)cc1-c1ccccc1)c1c(ccc4sc5ccccc5c14)B3N1c3c-2cc(C(C)(C)C)cc3C2(C)CCCC[C@@]12C. The fourth-order valence-corrected chi connectivity index (χ4v) is 12.6. The molecule has 4 heterocycles. The van der Waals surface area contributed by atoms with Crippen LogP contribution in [-0.2, 0) is 16.2 Å². The summed E-state index contributed by atoms with van der Waals surface area (Å²) >= 11 is 1.93. The molecule has 1 fully saturated rings. The first-order valence-electron chi connectivity index (χ1n) is 21.3. The van der Waals surface area contributed by atoms with Crippen molar-refractivity contribution >= 4 is 72.0 Å². The number of hydrogen-bond donors (Lipinski definition) is 0. The van der Waals surface area contributed by atoms with E-state index in [1.165, 1.54) is 118 Å². The minimum atomic E-state index is -0.0297. The van der Waals surface area contributed by atoms with E-state index in [1.54, 1.807) is 5.56 Å². The summed E-state index contributed by atoms with van der Waals surface area (Å²) in [4.78, 5) is 5.70. The predicted octanol–water partition coefficient (Wildman–Crippen LogP) is 13.6. The number of nitrogens with zero attached hydrogens (tertiary/aromatic N) is 2. The Balaban J connectivity index is 1.32. The van der Waals surface area contributed by atoms with E-state index in [4.69, 9.17) is 0 Å². The second kappa shape index (κ2) is 11.7. The van der Waals surface area contributed by atoms with Crippen LogP contribution < -0.4 is 20.6 Å². The number of thiophene rings is 1. The van der Waals surface area contributed by atoms with Crippen LogP contribution in [0, 0.1) is 6.92 Å². The van der Waals surface area contributed by atoms with Crippen molar-refractivity contribution < 1.29 is 0 Å². The highest BCUT2D eigenvalue weighted by atomic mass is 32.1. The summed E-state index contributed by atoms with van der Waals surface area (Å²) in [6, 6.07) is 42.8. The van der Waals surface area contributed by atoms with Gasteiger partial charge in [-0.25, -0.2) is 0 Å². The molecule has 1 aromatic heterocycles. The summed E-state index contributed by atoms with van der Waals surface area (Å²) in [5.74, 6) is 0. The highest BCUT2D eigenvalue weighted by Crippen LogP contribution is 2.64. The normalized spacial score (nSPS) is 20.8. The average Bonchev–Trinajstić information content (AvgIpc) is 3.66. The van der Waals surface area contributed by atoms with Gasteiger partial charge in [0.15, 0.2) is 0 Å². The molecule has 0 bridgehead atoms. The molecule has 0 spiro atoms. The highest BCUT2D eigenvalue weighted by molar-refractivity contribution is 7.26. The maximum absolute atomic E-state index is 2.99. The highest BCUT2D eigenvalue weighted by Gasteiger charge is 2.63. The van der Waals surface area contributed by atoms with Gasteiger partial charge in [0.25, 0.3) is 0 Å². The Morgan fingerprint density at radius 1 is 0.632 bits per heavy atom. The van der Waals surface area contributed by atoms with Crippen molar-refractivity contribution in [2.75, 3.05) is 9.71 Å². The van der Waals surface area contributed by atoms with E-state index in [0.717, 1.165) is 0 Å². The van der Waals surface area contributed by atoms with Gasteiger partial charge in [0.05, 0.1) is 11.4 Å². The fourth-order valence-electron chi connectivity index (χ4n) is 11.5. The van der Waals surface area contributed by atoms with E-state index in [1.807, 2.05) is 11.3 Å². The van der Waals surface area contributed by atoms with Crippen LogP contribution in [0.4, 0.5) is 22.7 Å². The zero-order valence-corrected chi connectivity index (χ0v) is 35.9. The van der Waals surface area contributed by atoms with Crippen LogP contribution >= 0.6 is 11.3 Å². The smallest absolute Gasteiger partial charge is 0.328 e. The summed E-state index contributed by atoms with van der Waals surface area (Å²) in [5, 5.41) is 2.73. The van der Waals surface area contributed by atoms with E-state index < -0.39 is 0 Å². The molecule has 284 valence electrons. The van der Waals surface area contributed by atoms with Gasteiger partial charge in [-0.15, -0.1) is 11.3 Å². The number of fused-ring (bicyclic) bond motifs is 11. The lowest BCUT2D eigenvalue weighted by atomic mass is 9.42. The Hall–Kier alpha value is -4.80. The number of hydrogen-bond acceptors (Lipinski definition) is 3. The van der Waals surface area contributed by atoms with Gasteiger partial charge in [0.2, 0.25) is 0 Å². The molecule has 0 saturated heterocycles. The Morgan fingerprint density at radius 3 is 2.12 bits per heavy atom. The van der Waals surface area contributed by atoms with Gasteiger partial charge in [-0.05, 0) is 118 Å². The van der Waals surface area contributed by atoms with Gasteiger partial charge in [-0.3, -0.25) is 0 Å². The van der Waals surface area contributed by atoms with Crippen molar-refractivity contribution in [1.82, 2.24) is 0 Å². The summed E-state index contributed by atoms with van der Waals surface area (Å²) in [6.07, 6.45) is 4.98. The standard InChI is InChI=1S/C53H53BN2S/c1-32-27-38-39-30-35(51(5,6)7)31-40-48(39)56(53(9)26-16-15-25-52(40,53)8)54-41-22-24-45-46(36-19-13-14-20-44(36)57-45)49(41)55(43(28-32)47(38)54)42-23-21-34(50(2,3)4)29-37(42)33-17-11-10-12-18-33/h10-14,17-24,27-31H,15-16,25-26H2,1-9H3/t52?,53-/m1/s1. The third kappa shape index (κ3) is 4.71. The second-order valence-electron chi connectivity index (χ2n) is 20.2. The zero-order chi connectivity index (χ0) is 39.4. The first-order chi connectivity index (χ1) is 27.2. The Labute approximate surface area is 343 Å². The predicted molar refractivity (Wildman–Crippen MR) is 249 cm³/mol. The molecule has 57 heavy (non-hydrogen) atoms. The van der Waals surface area contributed by atoms with Crippen LogP contribution in [0.2, 0.25) is 0 Å². The first kappa shape index (κ1) is 35.4. The number of rotatable bonds is 2. The van der Waals surface area contributed by atoms with Crippen molar-refractivity contribution in [3.8, 4) is 22.3 Å². The van der Waals surface area contributed by atoms with Crippen molar-refractivity contribution in [3.05, 3.63) is 131 Å².